The number of hydrogen-bond acceptors (Lipinski definition) is 9. The molecule has 4 N–H and O–H groups in total. The molecule has 0 unspecified atom stereocenters. The Labute approximate surface area is 253 Å². The Morgan fingerprint density at radius 1 is 1.22 bits per heavy atom. The minimum absolute atomic E-state index is 0.0131. The fourth-order valence-corrected chi connectivity index (χ4v) is 4.95. The lowest BCUT2D eigenvalue weighted by Gasteiger charge is -2.31. The van der Waals surface area contributed by atoms with Gasteiger partial charge in [-0.25, -0.2) is 9.37 Å². The minimum Gasteiger partial charge on any atom is -0.494 e. The zero-order valence-electron chi connectivity index (χ0n) is 24.0. The summed E-state index contributed by atoms with van der Waals surface area (Å²) < 4.78 is 69.1. The Morgan fingerprint density at radius 3 is 2.58 bits per heavy atom. The number of fused-ring (bicyclic) bond motifs is 2. The molecule has 1 aliphatic heterocycles. The Balaban J connectivity index is 1.61. The molecule has 0 fully saturated rings. The Kier molecular flexibility index (Phi) is 7.80. The number of rotatable bonds is 7. The number of aryl methyl sites for hydroxylation is 1. The van der Waals surface area contributed by atoms with Crippen molar-refractivity contribution in [3.8, 4) is 28.9 Å². The van der Waals surface area contributed by atoms with Gasteiger partial charge >= 0.3 is 6.18 Å². The van der Waals surface area contributed by atoms with Gasteiger partial charge < -0.3 is 25.6 Å². The van der Waals surface area contributed by atoms with Crippen LogP contribution >= 0.6 is 0 Å². The number of nitrogens with two attached hydrogens (primary N) is 1. The lowest BCUT2D eigenvalue weighted by Crippen LogP contribution is -2.51. The van der Waals surface area contributed by atoms with Crippen molar-refractivity contribution in [1.82, 2.24) is 20.5 Å². The smallest absolute Gasteiger partial charge is 0.424 e. The number of amides is 1. The van der Waals surface area contributed by atoms with Gasteiger partial charge in [-0.15, -0.1) is 5.10 Å². The first kappa shape index (κ1) is 31.1. The highest BCUT2D eigenvalue weighted by atomic mass is 19.4. The maximum atomic E-state index is 14.8. The number of aliphatic hydroxyl groups is 1. The number of nitrogens with one attached hydrogen (secondary N) is 1. The van der Waals surface area contributed by atoms with E-state index in [1.807, 2.05) is 0 Å². The maximum absolute atomic E-state index is 14.8. The molecule has 0 spiro atoms. The number of benzene rings is 2. The summed E-state index contributed by atoms with van der Waals surface area (Å²) in [7, 11) is 1.34. The number of alkyl halides is 3. The fourth-order valence-electron chi connectivity index (χ4n) is 4.95. The van der Waals surface area contributed by atoms with Gasteiger partial charge in [-0.2, -0.15) is 28.5 Å². The number of hydrogen-bond donors (Lipinski definition) is 3. The maximum Gasteiger partial charge on any atom is 0.424 e. The summed E-state index contributed by atoms with van der Waals surface area (Å²) in [6, 6.07) is 9.99. The van der Waals surface area contributed by atoms with E-state index in [4.69, 9.17) is 20.5 Å². The third-order valence-corrected chi connectivity index (χ3v) is 7.58. The third-order valence-electron chi connectivity index (χ3n) is 7.58. The highest BCUT2D eigenvalue weighted by molar-refractivity contribution is 6.00. The minimum atomic E-state index is -5.36. The molecule has 0 bridgehead atoms. The van der Waals surface area contributed by atoms with E-state index in [2.05, 4.69) is 25.5 Å². The predicted octanol–water partition coefficient (Wildman–Crippen LogP) is 3.82. The van der Waals surface area contributed by atoms with Gasteiger partial charge in [0.25, 0.3) is 5.91 Å². The van der Waals surface area contributed by atoms with Crippen LogP contribution in [0.15, 0.2) is 53.5 Å². The molecule has 11 nitrogen and oxygen atoms in total. The van der Waals surface area contributed by atoms with Gasteiger partial charge in [-0.3, -0.25) is 4.79 Å². The molecule has 2 aromatic carbocycles. The summed E-state index contributed by atoms with van der Waals surface area (Å²) in [6.07, 6.45) is -3.81. The number of aromatic nitrogens is 3. The molecular weight excluding hydrogens is 598 g/mol. The van der Waals surface area contributed by atoms with Crippen LogP contribution in [0.1, 0.15) is 34.2 Å². The van der Waals surface area contributed by atoms with Gasteiger partial charge in [-0.05, 0) is 62.4 Å². The molecule has 1 aliphatic rings. The molecule has 0 aliphatic carbocycles. The number of nitriles is 1. The largest absolute Gasteiger partial charge is 0.494 e. The Bertz CT molecular complexity index is 1890. The van der Waals surface area contributed by atoms with Crippen LogP contribution in [-0.4, -0.2) is 58.5 Å². The van der Waals surface area contributed by atoms with Crippen molar-refractivity contribution < 1.29 is 36.9 Å². The van der Waals surface area contributed by atoms with E-state index in [0.29, 0.717) is 16.6 Å². The summed E-state index contributed by atoms with van der Waals surface area (Å²) in [4.78, 5) is 20.9. The third kappa shape index (κ3) is 5.44. The average Bonchev–Trinajstić information content (AvgIpc) is 3.36. The first-order valence-corrected chi connectivity index (χ1v) is 13.3. The van der Waals surface area contributed by atoms with Crippen molar-refractivity contribution in [2.24, 2.45) is 10.7 Å². The molecule has 15 heteroatoms. The van der Waals surface area contributed by atoms with Gasteiger partial charge in [0.2, 0.25) is 11.8 Å². The van der Waals surface area contributed by atoms with E-state index >= 15 is 0 Å². The van der Waals surface area contributed by atoms with Crippen molar-refractivity contribution in [3.05, 3.63) is 76.9 Å². The number of aliphatic imine (C=N–C) groups is 1. The van der Waals surface area contributed by atoms with Crippen LogP contribution in [0.25, 0.3) is 22.2 Å². The van der Waals surface area contributed by atoms with E-state index in [9.17, 15) is 27.5 Å². The normalized spacial score (nSPS) is 17.6. The van der Waals surface area contributed by atoms with Gasteiger partial charge in [0.15, 0.2) is 0 Å². The molecule has 4 aromatic rings. The summed E-state index contributed by atoms with van der Waals surface area (Å²) >= 11 is 0. The molecule has 3 heterocycles. The molecule has 45 heavy (non-hydrogen) atoms. The summed E-state index contributed by atoms with van der Waals surface area (Å²) in [5.74, 6) is -1.63. The average molecular weight is 624 g/mol. The second-order valence-electron chi connectivity index (χ2n) is 10.6. The van der Waals surface area contributed by atoms with E-state index in [1.165, 1.54) is 38.3 Å². The molecule has 0 saturated carbocycles. The molecule has 0 saturated heterocycles. The van der Waals surface area contributed by atoms with Crippen molar-refractivity contribution in [2.45, 2.75) is 31.0 Å². The highest BCUT2D eigenvalue weighted by Crippen LogP contribution is 2.48. The van der Waals surface area contributed by atoms with E-state index < -0.39 is 41.2 Å². The zero-order valence-corrected chi connectivity index (χ0v) is 24.0. The van der Waals surface area contributed by atoms with Crippen LogP contribution in [0, 0.1) is 24.2 Å². The van der Waals surface area contributed by atoms with E-state index in [-0.39, 0.29) is 46.3 Å². The number of carbonyl (C=O) groups excluding carboxylic acids is 1. The Hall–Kier alpha value is -5.36. The van der Waals surface area contributed by atoms with Crippen LogP contribution in [0.4, 0.5) is 17.6 Å². The molecule has 2 atom stereocenters. The topological polar surface area (TPSA) is 169 Å². The summed E-state index contributed by atoms with van der Waals surface area (Å²) in [5, 5.41) is 31.0. The van der Waals surface area contributed by atoms with Crippen molar-refractivity contribution >= 4 is 22.6 Å². The molecule has 0 radical (unpaired) electrons. The van der Waals surface area contributed by atoms with Crippen molar-refractivity contribution in [1.29, 1.82) is 5.26 Å². The van der Waals surface area contributed by atoms with Crippen molar-refractivity contribution in [3.63, 3.8) is 0 Å². The monoisotopic (exact) mass is 623 g/mol. The van der Waals surface area contributed by atoms with Gasteiger partial charge in [0.05, 0.1) is 30.5 Å². The van der Waals surface area contributed by atoms with E-state index in [1.54, 1.807) is 19.2 Å². The number of pyridine rings is 1. The van der Waals surface area contributed by atoms with E-state index in [0.717, 1.165) is 18.2 Å². The predicted molar refractivity (Wildman–Crippen MR) is 153 cm³/mol. The van der Waals surface area contributed by atoms with Crippen LogP contribution in [0.5, 0.6) is 11.5 Å². The molecule has 232 valence electrons. The number of halogens is 4. The fraction of sp³-hybridized carbons (Fsp3) is 0.267. The molecule has 1 amide bonds. The molecule has 5 rings (SSSR count). The number of nitrogens with zero attached hydrogens (tertiary/aromatic N) is 5. The molecular formula is C30H25F4N7O4. The lowest BCUT2D eigenvalue weighted by atomic mass is 9.81. The quantitative estimate of drug-likeness (QED) is 0.120. The first-order chi connectivity index (χ1) is 21.2. The summed E-state index contributed by atoms with van der Waals surface area (Å²) in [6.45, 7) is 1.61. The number of carbonyl (C=O) groups is 1. The van der Waals surface area contributed by atoms with Crippen molar-refractivity contribution in [2.75, 3.05) is 20.3 Å². The highest BCUT2D eigenvalue weighted by Gasteiger charge is 2.57. The zero-order chi connectivity index (χ0) is 32.7. The van der Waals surface area contributed by atoms with Gasteiger partial charge in [0.1, 0.15) is 41.0 Å². The standard InChI is InChI=1S/C30H25F4N7O4/c1-15-8-17-9-18(10-21(44-3)23(17)41-40-15)26(42)37-12-29(43,30(32,33)34)22-11-20-25(45-13-28(20,2)27(36)38-14-35)24(39-22)16-4-6-19(31)7-5-16/h4-11,43H,12-13H2,1-3H3,(H2,36,38)(H,37,42)/t28-,29-/m0/s1. The molecule has 2 aromatic heterocycles. The van der Waals surface area contributed by atoms with Crippen LogP contribution in [0.3, 0.4) is 0 Å². The Morgan fingerprint density at radius 2 is 1.93 bits per heavy atom. The van der Waals surface area contributed by atoms with Crippen LogP contribution < -0.4 is 20.5 Å². The lowest BCUT2D eigenvalue weighted by molar-refractivity contribution is -0.265. The number of amidine groups is 1. The van der Waals surface area contributed by atoms with Crippen LogP contribution in [0.2, 0.25) is 0 Å². The number of methoxy groups -OCH3 is 1. The second-order valence-corrected chi connectivity index (χ2v) is 10.6. The van der Waals surface area contributed by atoms with Gasteiger partial charge in [-0.1, -0.05) is 0 Å². The second kappa shape index (κ2) is 11.3. The SMILES string of the molecule is COc1cc(C(=O)NC[C@](O)(c2cc3c(c(-c4ccc(F)cc4)n2)OC[C@]3(C)C(N)=NC#N)C(F)(F)F)cc2cc(C)nnc12. The first-order valence-electron chi connectivity index (χ1n) is 13.3. The van der Waals surface area contributed by atoms with Gasteiger partial charge in [0, 0.05) is 22.1 Å². The number of ether oxygens (including phenoxy) is 2. The summed E-state index contributed by atoms with van der Waals surface area (Å²) in [5.41, 5.74) is 0.886. The van der Waals surface area contributed by atoms with Crippen LogP contribution in [-0.2, 0) is 11.0 Å².